The van der Waals surface area contributed by atoms with Gasteiger partial charge < -0.3 is 4.74 Å². The summed E-state index contributed by atoms with van der Waals surface area (Å²) in [5, 5.41) is 8.03. The molecule has 1 aromatic heterocycles. The highest BCUT2D eigenvalue weighted by Gasteiger charge is 2.29. The third kappa shape index (κ3) is 2.89. The van der Waals surface area contributed by atoms with Crippen LogP contribution in [0.3, 0.4) is 0 Å². The van der Waals surface area contributed by atoms with E-state index < -0.39 is 13.0 Å². The second kappa shape index (κ2) is 5.05. The summed E-state index contributed by atoms with van der Waals surface area (Å²) in [7, 11) is 0. The summed E-state index contributed by atoms with van der Waals surface area (Å²) in [4.78, 5) is 0. The quantitative estimate of drug-likeness (QED) is 0.727. The van der Waals surface area contributed by atoms with Crippen molar-refractivity contribution < 1.29 is 13.5 Å². The average Bonchev–Trinajstić information content (AvgIpc) is 3.00. The maximum absolute atomic E-state index is 11.8. The van der Waals surface area contributed by atoms with Gasteiger partial charge in [0, 0.05) is 5.92 Å². The van der Waals surface area contributed by atoms with Crippen molar-refractivity contribution in [1.29, 1.82) is 0 Å². The van der Waals surface area contributed by atoms with Gasteiger partial charge in [-0.2, -0.15) is 0 Å². The van der Waals surface area contributed by atoms with E-state index in [1.165, 1.54) is 0 Å². The summed E-state index contributed by atoms with van der Waals surface area (Å²) in [5.74, 6) is 1.26. The zero-order valence-corrected chi connectivity index (χ0v) is 9.33. The van der Waals surface area contributed by atoms with Crippen LogP contribution in [-0.4, -0.2) is 34.4 Å². The van der Waals surface area contributed by atoms with Gasteiger partial charge in [-0.3, -0.25) is 4.57 Å². The van der Waals surface area contributed by atoms with Gasteiger partial charge in [0.2, 0.25) is 5.28 Å². The minimum Gasteiger partial charge on any atom is -0.374 e. The first kappa shape index (κ1) is 11.7. The van der Waals surface area contributed by atoms with Gasteiger partial charge in [0.05, 0.1) is 13.2 Å². The van der Waals surface area contributed by atoms with E-state index in [1.807, 2.05) is 0 Å². The topological polar surface area (TPSA) is 39.9 Å². The standard InChI is InChI=1S/C9H12ClF2N3O/c10-9-14-13-8(6-1-2-6)15(9)3-4-16-5-7(11)12/h6-7H,1-5H2. The van der Waals surface area contributed by atoms with Gasteiger partial charge in [0.1, 0.15) is 12.4 Å². The summed E-state index contributed by atoms with van der Waals surface area (Å²) in [6.45, 7) is 0.0741. The molecular weight excluding hydrogens is 240 g/mol. The Morgan fingerprint density at radius 3 is 2.81 bits per heavy atom. The Morgan fingerprint density at radius 1 is 1.44 bits per heavy atom. The van der Waals surface area contributed by atoms with Gasteiger partial charge in [-0.25, -0.2) is 8.78 Å². The van der Waals surface area contributed by atoms with Crippen molar-refractivity contribution in [3.8, 4) is 0 Å². The second-order valence-electron chi connectivity index (χ2n) is 3.72. The Hall–Kier alpha value is -0.750. The Morgan fingerprint density at radius 2 is 2.19 bits per heavy atom. The molecule has 1 aliphatic rings. The Kier molecular flexibility index (Phi) is 3.70. The predicted octanol–water partition coefficient (Wildman–Crippen LogP) is 2.09. The Labute approximate surface area is 96.6 Å². The van der Waals surface area contributed by atoms with Crippen LogP contribution in [0.2, 0.25) is 5.28 Å². The molecule has 0 aromatic carbocycles. The number of ether oxygens (including phenoxy) is 1. The molecule has 2 rings (SSSR count). The number of alkyl halides is 2. The number of hydrogen-bond acceptors (Lipinski definition) is 3. The Balaban J connectivity index is 1.85. The lowest BCUT2D eigenvalue weighted by atomic mass is 10.4. The number of hydrogen-bond donors (Lipinski definition) is 0. The molecular formula is C9H12ClF2N3O. The van der Waals surface area contributed by atoms with E-state index >= 15 is 0 Å². The molecule has 0 bridgehead atoms. The van der Waals surface area contributed by atoms with Crippen LogP contribution in [0.1, 0.15) is 24.6 Å². The summed E-state index contributed by atoms with van der Waals surface area (Å²) in [5.41, 5.74) is 0. The molecule has 1 fully saturated rings. The summed E-state index contributed by atoms with van der Waals surface area (Å²) < 4.78 is 30.2. The highest BCUT2D eigenvalue weighted by molar-refractivity contribution is 6.28. The second-order valence-corrected chi connectivity index (χ2v) is 4.06. The third-order valence-corrected chi connectivity index (χ3v) is 2.66. The Bertz CT molecular complexity index is 355. The minimum absolute atomic E-state index is 0.196. The molecule has 0 aliphatic heterocycles. The van der Waals surface area contributed by atoms with Crippen molar-refractivity contribution in [1.82, 2.24) is 14.8 Å². The average molecular weight is 252 g/mol. The van der Waals surface area contributed by atoms with Crippen LogP contribution in [-0.2, 0) is 11.3 Å². The van der Waals surface area contributed by atoms with E-state index in [9.17, 15) is 8.78 Å². The van der Waals surface area contributed by atoms with Crippen LogP contribution in [0, 0.1) is 0 Å². The fraction of sp³-hybridized carbons (Fsp3) is 0.778. The van der Waals surface area contributed by atoms with E-state index in [2.05, 4.69) is 10.2 Å². The smallest absolute Gasteiger partial charge is 0.261 e. The van der Waals surface area contributed by atoms with Crippen LogP contribution >= 0.6 is 11.6 Å². The normalized spacial score (nSPS) is 16.0. The molecule has 0 saturated heterocycles. The lowest BCUT2D eigenvalue weighted by molar-refractivity contribution is 0.0146. The van der Waals surface area contributed by atoms with Gasteiger partial charge in [-0.15, -0.1) is 10.2 Å². The van der Waals surface area contributed by atoms with Crippen molar-refractivity contribution in [3.63, 3.8) is 0 Å². The number of aromatic nitrogens is 3. The van der Waals surface area contributed by atoms with E-state index in [0.29, 0.717) is 17.7 Å². The maximum Gasteiger partial charge on any atom is 0.261 e. The highest BCUT2D eigenvalue weighted by atomic mass is 35.5. The molecule has 0 atom stereocenters. The van der Waals surface area contributed by atoms with Crippen LogP contribution < -0.4 is 0 Å². The number of nitrogens with zero attached hydrogens (tertiary/aromatic N) is 3. The number of halogens is 3. The van der Waals surface area contributed by atoms with Crippen LogP contribution in [0.15, 0.2) is 0 Å². The van der Waals surface area contributed by atoms with Gasteiger partial charge in [0.15, 0.2) is 0 Å². The van der Waals surface area contributed by atoms with E-state index in [-0.39, 0.29) is 6.61 Å². The molecule has 0 unspecified atom stereocenters. The third-order valence-electron chi connectivity index (χ3n) is 2.38. The molecule has 90 valence electrons. The molecule has 4 nitrogen and oxygen atoms in total. The molecule has 16 heavy (non-hydrogen) atoms. The lowest BCUT2D eigenvalue weighted by Crippen LogP contribution is -2.12. The first-order valence-corrected chi connectivity index (χ1v) is 5.50. The SMILES string of the molecule is FC(F)COCCn1c(Cl)nnc1C1CC1. The first-order chi connectivity index (χ1) is 7.68. The molecule has 1 aromatic rings. The predicted molar refractivity (Wildman–Crippen MR) is 53.8 cm³/mol. The molecule has 0 N–H and O–H groups in total. The largest absolute Gasteiger partial charge is 0.374 e. The van der Waals surface area contributed by atoms with Gasteiger partial charge in [-0.05, 0) is 24.4 Å². The van der Waals surface area contributed by atoms with Crippen molar-refractivity contribution >= 4 is 11.6 Å². The maximum atomic E-state index is 11.8. The van der Waals surface area contributed by atoms with Crippen LogP contribution in [0.25, 0.3) is 0 Å². The zero-order chi connectivity index (χ0) is 11.5. The molecule has 7 heteroatoms. The van der Waals surface area contributed by atoms with Crippen LogP contribution in [0.4, 0.5) is 8.78 Å². The highest BCUT2D eigenvalue weighted by Crippen LogP contribution is 2.39. The van der Waals surface area contributed by atoms with Crippen molar-refractivity contribution in [2.45, 2.75) is 31.7 Å². The van der Waals surface area contributed by atoms with Crippen molar-refractivity contribution in [3.05, 3.63) is 11.1 Å². The fourth-order valence-corrected chi connectivity index (χ4v) is 1.68. The molecule has 1 saturated carbocycles. The molecule has 0 radical (unpaired) electrons. The van der Waals surface area contributed by atoms with E-state index in [4.69, 9.17) is 16.3 Å². The van der Waals surface area contributed by atoms with Crippen molar-refractivity contribution in [2.24, 2.45) is 0 Å². The number of rotatable bonds is 6. The van der Waals surface area contributed by atoms with Crippen molar-refractivity contribution in [2.75, 3.05) is 13.2 Å². The lowest BCUT2D eigenvalue weighted by Gasteiger charge is -2.07. The van der Waals surface area contributed by atoms with E-state index in [1.54, 1.807) is 4.57 Å². The van der Waals surface area contributed by atoms with E-state index in [0.717, 1.165) is 18.7 Å². The van der Waals surface area contributed by atoms with Crippen LogP contribution in [0.5, 0.6) is 0 Å². The van der Waals surface area contributed by atoms with Gasteiger partial charge in [0.25, 0.3) is 6.43 Å². The molecule has 1 heterocycles. The first-order valence-electron chi connectivity index (χ1n) is 5.13. The summed E-state index contributed by atoms with van der Waals surface area (Å²) >= 11 is 5.84. The molecule has 0 spiro atoms. The molecule has 1 aliphatic carbocycles. The molecule has 0 amide bonds. The fourth-order valence-electron chi connectivity index (χ4n) is 1.47. The van der Waals surface area contributed by atoms with Gasteiger partial charge in [-0.1, -0.05) is 0 Å². The van der Waals surface area contributed by atoms with Gasteiger partial charge >= 0.3 is 0 Å². The monoisotopic (exact) mass is 251 g/mol. The minimum atomic E-state index is -2.43. The zero-order valence-electron chi connectivity index (χ0n) is 8.57. The summed E-state index contributed by atoms with van der Waals surface area (Å²) in [6, 6.07) is 0. The summed E-state index contributed by atoms with van der Waals surface area (Å²) in [6.07, 6.45) is -0.251.